The number of rotatable bonds is 6. The Morgan fingerprint density at radius 1 is 1.30 bits per heavy atom. The average molecular weight is 272 g/mol. The fourth-order valence-electron chi connectivity index (χ4n) is 1.87. The second-order valence-corrected chi connectivity index (χ2v) is 4.16. The predicted molar refractivity (Wildman–Crippen MR) is 76.1 cm³/mol. The number of aldehydes is 1. The molecule has 0 aliphatic heterocycles. The second kappa shape index (κ2) is 6.56. The van der Waals surface area contributed by atoms with Crippen molar-refractivity contribution >= 4 is 17.9 Å². The topological polar surface area (TPSA) is 60.3 Å². The van der Waals surface area contributed by atoms with Gasteiger partial charge in [-0.2, -0.15) is 0 Å². The lowest BCUT2D eigenvalue weighted by Crippen LogP contribution is -2.19. The van der Waals surface area contributed by atoms with Crippen molar-refractivity contribution in [3.8, 4) is 5.75 Å². The first kappa shape index (κ1) is 13.9. The van der Waals surface area contributed by atoms with Crippen LogP contribution in [0.4, 0.5) is 5.69 Å². The Bertz CT molecular complexity index is 605. The lowest BCUT2D eigenvalue weighted by Gasteiger charge is -2.12. The van der Waals surface area contributed by atoms with E-state index in [0.29, 0.717) is 23.7 Å². The zero-order chi connectivity index (χ0) is 14.4. The van der Waals surface area contributed by atoms with Gasteiger partial charge >= 0.3 is 0 Å². The monoisotopic (exact) mass is 272 g/mol. The molecule has 0 saturated heterocycles. The Morgan fingerprint density at radius 3 is 2.85 bits per heavy atom. The van der Waals surface area contributed by atoms with Gasteiger partial charge in [-0.25, -0.2) is 0 Å². The van der Waals surface area contributed by atoms with Gasteiger partial charge in [0.05, 0.1) is 18.0 Å². The van der Waals surface area contributed by atoms with E-state index in [1.54, 1.807) is 35.0 Å². The quantitative estimate of drug-likeness (QED) is 0.821. The Hall–Kier alpha value is -2.56. The van der Waals surface area contributed by atoms with Gasteiger partial charge in [0.15, 0.2) is 6.29 Å². The van der Waals surface area contributed by atoms with Crippen molar-refractivity contribution < 1.29 is 14.3 Å². The van der Waals surface area contributed by atoms with Crippen LogP contribution < -0.4 is 10.1 Å². The number of amides is 1. The molecule has 0 fully saturated rings. The Kier molecular flexibility index (Phi) is 4.55. The molecule has 5 nitrogen and oxygen atoms in total. The van der Waals surface area contributed by atoms with Crippen LogP contribution in [0.1, 0.15) is 17.4 Å². The van der Waals surface area contributed by atoms with Crippen LogP contribution in [0.5, 0.6) is 5.75 Å². The molecular weight excluding hydrogens is 256 g/mol. The highest BCUT2D eigenvalue weighted by molar-refractivity contribution is 5.92. The van der Waals surface area contributed by atoms with Crippen LogP contribution in [0.25, 0.3) is 0 Å². The van der Waals surface area contributed by atoms with E-state index in [0.717, 1.165) is 6.29 Å². The molecule has 1 N–H and O–H groups in total. The molecule has 0 saturated carbocycles. The van der Waals surface area contributed by atoms with Gasteiger partial charge in [0.1, 0.15) is 12.3 Å². The zero-order valence-corrected chi connectivity index (χ0v) is 11.2. The van der Waals surface area contributed by atoms with Gasteiger partial charge in [-0.05, 0) is 31.2 Å². The second-order valence-electron chi connectivity index (χ2n) is 4.16. The summed E-state index contributed by atoms with van der Waals surface area (Å²) in [5.74, 6) is 0.419. The largest absolute Gasteiger partial charge is 0.492 e. The Balaban J connectivity index is 2.06. The van der Waals surface area contributed by atoms with Gasteiger partial charge in [-0.3, -0.25) is 9.59 Å². The highest BCUT2D eigenvalue weighted by atomic mass is 16.5. The number of hydrogen-bond donors (Lipinski definition) is 1. The first-order valence-electron chi connectivity index (χ1n) is 6.36. The maximum absolute atomic E-state index is 12.0. The number of aromatic nitrogens is 1. The van der Waals surface area contributed by atoms with Crippen LogP contribution in [0.2, 0.25) is 0 Å². The molecule has 1 heterocycles. The standard InChI is InChI=1S/C15H16N2O3/c1-2-20-14-8-4-3-7-13(14)16-15(19)10-17-9-5-6-12(17)11-18/h3-9,11H,2,10H2,1H3,(H,16,19). The molecular formula is C15H16N2O3. The molecule has 1 aromatic carbocycles. The smallest absolute Gasteiger partial charge is 0.244 e. The minimum Gasteiger partial charge on any atom is -0.492 e. The van der Waals surface area contributed by atoms with Crippen molar-refractivity contribution in [2.75, 3.05) is 11.9 Å². The number of nitrogens with one attached hydrogen (secondary N) is 1. The number of carbonyl (C=O) groups is 2. The Morgan fingerprint density at radius 2 is 2.10 bits per heavy atom. The molecule has 0 bridgehead atoms. The number of anilines is 1. The van der Waals surface area contributed by atoms with E-state index in [1.165, 1.54) is 0 Å². The Labute approximate surface area is 117 Å². The van der Waals surface area contributed by atoms with E-state index in [2.05, 4.69) is 5.32 Å². The van der Waals surface area contributed by atoms with Gasteiger partial charge < -0.3 is 14.6 Å². The highest BCUT2D eigenvalue weighted by Gasteiger charge is 2.09. The average Bonchev–Trinajstić information content (AvgIpc) is 2.88. The fraction of sp³-hybridized carbons (Fsp3) is 0.200. The highest BCUT2D eigenvalue weighted by Crippen LogP contribution is 2.23. The summed E-state index contributed by atoms with van der Waals surface area (Å²) in [5, 5.41) is 2.78. The van der Waals surface area contributed by atoms with E-state index in [9.17, 15) is 9.59 Å². The lowest BCUT2D eigenvalue weighted by atomic mass is 10.3. The van der Waals surface area contributed by atoms with E-state index in [4.69, 9.17) is 4.74 Å². The zero-order valence-electron chi connectivity index (χ0n) is 11.2. The van der Waals surface area contributed by atoms with E-state index in [1.807, 2.05) is 19.1 Å². The molecule has 0 atom stereocenters. The summed E-state index contributed by atoms with van der Waals surface area (Å²) in [7, 11) is 0. The SMILES string of the molecule is CCOc1ccccc1NC(=O)Cn1cccc1C=O. The van der Waals surface area contributed by atoms with Gasteiger partial charge in [-0.15, -0.1) is 0 Å². The number of nitrogens with zero attached hydrogens (tertiary/aromatic N) is 1. The molecule has 0 aliphatic rings. The summed E-state index contributed by atoms with van der Waals surface area (Å²) in [5.41, 5.74) is 1.09. The number of hydrogen-bond acceptors (Lipinski definition) is 3. The van der Waals surface area contributed by atoms with Gasteiger partial charge in [0, 0.05) is 6.20 Å². The molecule has 0 spiro atoms. The minimum absolute atomic E-state index is 0.0849. The third kappa shape index (κ3) is 3.26. The summed E-state index contributed by atoms with van der Waals surface area (Å²) < 4.78 is 7.03. The number of ether oxygens (including phenoxy) is 1. The van der Waals surface area contributed by atoms with Crippen molar-refractivity contribution in [2.24, 2.45) is 0 Å². The van der Waals surface area contributed by atoms with E-state index >= 15 is 0 Å². The van der Waals surface area contributed by atoms with Crippen molar-refractivity contribution in [1.82, 2.24) is 4.57 Å². The number of carbonyl (C=O) groups excluding carboxylic acids is 2. The van der Waals surface area contributed by atoms with Crippen molar-refractivity contribution in [3.05, 3.63) is 48.3 Å². The van der Waals surface area contributed by atoms with Gasteiger partial charge in [-0.1, -0.05) is 12.1 Å². The molecule has 2 rings (SSSR count). The first-order valence-corrected chi connectivity index (χ1v) is 6.36. The van der Waals surface area contributed by atoms with Crippen LogP contribution in [-0.4, -0.2) is 23.4 Å². The van der Waals surface area contributed by atoms with Crippen LogP contribution >= 0.6 is 0 Å². The maximum atomic E-state index is 12.0. The molecule has 5 heteroatoms. The van der Waals surface area contributed by atoms with Crippen molar-refractivity contribution in [2.45, 2.75) is 13.5 Å². The fourth-order valence-corrected chi connectivity index (χ4v) is 1.87. The summed E-state index contributed by atoms with van der Waals surface area (Å²) in [6.07, 6.45) is 2.42. The van der Waals surface area contributed by atoms with Gasteiger partial charge in [0.2, 0.25) is 5.91 Å². The third-order valence-electron chi connectivity index (χ3n) is 2.76. The van der Waals surface area contributed by atoms with E-state index < -0.39 is 0 Å². The molecule has 104 valence electrons. The first-order chi connectivity index (χ1) is 9.74. The van der Waals surface area contributed by atoms with Crippen LogP contribution in [0, 0.1) is 0 Å². The minimum atomic E-state index is -0.212. The van der Waals surface area contributed by atoms with Crippen molar-refractivity contribution in [1.29, 1.82) is 0 Å². The molecule has 0 radical (unpaired) electrons. The third-order valence-corrected chi connectivity index (χ3v) is 2.76. The molecule has 20 heavy (non-hydrogen) atoms. The molecule has 2 aromatic rings. The van der Waals surface area contributed by atoms with Crippen LogP contribution in [-0.2, 0) is 11.3 Å². The molecule has 0 aliphatic carbocycles. The molecule has 1 amide bonds. The predicted octanol–water partition coefficient (Wildman–Crippen LogP) is 2.34. The molecule has 0 unspecified atom stereocenters. The van der Waals surface area contributed by atoms with Crippen molar-refractivity contribution in [3.63, 3.8) is 0 Å². The number of para-hydroxylation sites is 2. The van der Waals surface area contributed by atoms with E-state index in [-0.39, 0.29) is 12.5 Å². The number of benzene rings is 1. The van der Waals surface area contributed by atoms with Crippen LogP contribution in [0.15, 0.2) is 42.6 Å². The summed E-state index contributed by atoms with van der Waals surface area (Å²) in [6.45, 7) is 2.50. The molecule has 1 aromatic heterocycles. The maximum Gasteiger partial charge on any atom is 0.244 e. The summed E-state index contributed by atoms with van der Waals surface area (Å²) in [6, 6.07) is 10.6. The normalized spacial score (nSPS) is 10.1. The summed E-state index contributed by atoms with van der Waals surface area (Å²) in [4.78, 5) is 22.8. The van der Waals surface area contributed by atoms with Crippen LogP contribution in [0.3, 0.4) is 0 Å². The summed E-state index contributed by atoms with van der Waals surface area (Å²) >= 11 is 0. The van der Waals surface area contributed by atoms with Gasteiger partial charge in [0.25, 0.3) is 0 Å². The lowest BCUT2D eigenvalue weighted by molar-refractivity contribution is -0.116.